The third kappa shape index (κ3) is 5.90. The summed E-state index contributed by atoms with van der Waals surface area (Å²) in [7, 11) is 0. The van der Waals surface area contributed by atoms with Crippen LogP contribution in [0, 0.1) is 5.92 Å². The van der Waals surface area contributed by atoms with Crippen molar-refractivity contribution in [1.29, 1.82) is 0 Å². The van der Waals surface area contributed by atoms with E-state index in [2.05, 4.69) is 13.8 Å². The number of rotatable bonds is 6. The van der Waals surface area contributed by atoms with Gasteiger partial charge in [0.05, 0.1) is 13.2 Å². The van der Waals surface area contributed by atoms with E-state index in [4.69, 9.17) is 9.47 Å². The highest BCUT2D eigenvalue weighted by atomic mass is 16.7. The first kappa shape index (κ1) is 12.7. The number of Topliss-reactive ketones (excluding diaryl/α,β-unsaturated/α-hetero) is 1. The second-order valence-corrected chi connectivity index (χ2v) is 4.53. The normalized spacial score (nSPS) is 18.3. The van der Waals surface area contributed by atoms with Crippen LogP contribution in [0.15, 0.2) is 0 Å². The molecule has 0 atom stereocenters. The molecule has 0 unspecified atom stereocenters. The van der Waals surface area contributed by atoms with Crippen molar-refractivity contribution in [2.24, 2.45) is 5.92 Å². The molecule has 0 radical (unpaired) electrons. The van der Waals surface area contributed by atoms with Gasteiger partial charge in [0.1, 0.15) is 5.78 Å². The molecular formula is C12H22O3. The van der Waals surface area contributed by atoms with Gasteiger partial charge >= 0.3 is 0 Å². The van der Waals surface area contributed by atoms with Gasteiger partial charge in [0, 0.05) is 19.3 Å². The SMILES string of the molecule is CC(C)CCC(=O)CCC1OCCCO1. The van der Waals surface area contributed by atoms with E-state index in [0.717, 1.165) is 32.5 Å². The van der Waals surface area contributed by atoms with Crippen molar-refractivity contribution in [3.63, 3.8) is 0 Å². The van der Waals surface area contributed by atoms with E-state index in [-0.39, 0.29) is 6.29 Å². The highest BCUT2D eigenvalue weighted by Gasteiger charge is 2.15. The van der Waals surface area contributed by atoms with E-state index in [1.165, 1.54) is 0 Å². The predicted molar refractivity (Wildman–Crippen MR) is 58.6 cm³/mol. The molecule has 88 valence electrons. The lowest BCUT2D eigenvalue weighted by molar-refractivity contribution is -0.182. The summed E-state index contributed by atoms with van der Waals surface area (Å²) in [5.41, 5.74) is 0. The summed E-state index contributed by atoms with van der Waals surface area (Å²) in [4.78, 5) is 11.5. The van der Waals surface area contributed by atoms with Gasteiger partial charge in [0.2, 0.25) is 0 Å². The van der Waals surface area contributed by atoms with E-state index < -0.39 is 0 Å². The molecule has 1 aliphatic rings. The Kier molecular flexibility index (Phi) is 5.88. The number of ether oxygens (including phenoxy) is 2. The van der Waals surface area contributed by atoms with E-state index in [1.807, 2.05) is 0 Å². The quantitative estimate of drug-likeness (QED) is 0.681. The lowest BCUT2D eigenvalue weighted by Crippen LogP contribution is -2.25. The molecule has 0 N–H and O–H groups in total. The Morgan fingerprint density at radius 1 is 1.27 bits per heavy atom. The van der Waals surface area contributed by atoms with Gasteiger partial charge < -0.3 is 9.47 Å². The summed E-state index contributed by atoms with van der Waals surface area (Å²) in [5, 5.41) is 0. The van der Waals surface area contributed by atoms with Crippen LogP contribution in [-0.4, -0.2) is 25.3 Å². The molecule has 1 saturated heterocycles. The maximum absolute atomic E-state index is 11.5. The first-order valence-electron chi connectivity index (χ1n) is 5.93. The van der Waals surface area contributed by atoms with Crippen molar-refractivity contribution in [3.8, 4) is 0 Å². The Bertz CT molecular complexity index is 183. The van der Waals surface area contributed by atoms with Crippen LogP contribution in [0.5, 0.6) is 0 Å². The van der Waals surface area contributed by atoms with Crippen LogP contribution in [0.1, 0.15) is 46.0 Å². The summed E-state index contributed by atoms with van der Waals surface area (Å²) in [6, 6.07) is 0. The highest BCUT2D eigenvalue weighted by Crippen LogP contribution is 2.13. The molecule has 3 nitrogen and oxygen atoms in total. The molecule has 0 saturated carbocycles. The van der Waals surface area contributed by atoms with Gasteiger partial charge in [-0.3, -0.25) is 4.79 Å². The fourth-order valence-corrected chi connectivity index (χ4v) is 1.56. The van der Waals surface area contributed by atoms with E-state index >= 15 is 0 Å². The Morgan fingerprint density at radius 3 is 2.53 bits per heavy atom. The molecule has 0 amide bonds. The Hall–Kier alpha value is -0.410. The summed E-state index contributed by atoms with van der Waals surface area (Å²) >= 11 is 0. The fraction of sp³-hybridized carbons (Fsp3) is 0.917. The van der Waals surface area contributed by atoms with Gasteiger partial charge in [-0.25, -0.2) is 0 Å². The minimum absolute atomic E-state index is 0.137. The van der Waals surface area contributed by atoms with Crippen molar-refractivity contribution in [1.82, 2.24) is 0 Å². The van der Waals surface area contributed by atoms with Crippen LogP contribution < -0.4 is 0 Å². The molecule has 0 aromatic heterocycles. The van der Waals surface area contributed by atoms with Gasteiger partial charge in [-0.15, -0.1) is 0 Å². The molecule has 0 bridgehead atoms. The number of carbonyl (C=O) groups excluding carboxylic acids is 1. The number of hydrogen-bond donors (Lipinski definition) is 0. The monoisotopic (exact) mass is 214 g/mol. The van der Waals surface area contributed by atoms with Crippen LogP contribution >= 0.6 is 0 Å². The van der Waals surface area contributed by atoms with Gasteiger partial charge in [0.15, 0.2) is 6.29 Å². The van der Waals surface area contributed by atoms with Crippen LogP contribution in [0.4, 0.5) is 0 Å². The smallest absolute Gasteiger partial charge is 0.157 e. The molecule has 1 aliphatic heterocycles. The van der Waals surface area contributed by atoms with Crippen molar-refractivity contribution in [2.75, 3.05) is 13.2 Å². The molecule has 1 rings (SSSR count). The van der Waals surface area contributed by atoms with E-state index in [0.29, 0.717) is 24.5 Å². The topological polar surface area (TPSA) is 35.5 Å². The molecule has 3 heteroatoms. The molecular weight excluding hydrogens is 192 g/mol. The average Bonchev–Trinajstić information content (AvgIpc) is 2.25. The molecule has 1 heterocycles. The summed E-state index contributed by atoms with van der Waals surface area (Å²) in [6.45, 7) is 5.82. The van der Waals surface area contributed by atoms with Crippen LogP contribution in [0.3, 0.4) is 0 Å². The van der Waals surface area contributed by atoms with Crippen LogP contribution in [-0.2, 0) is 14.3 Å². The largest absolute Gasteiger partial charge is 0.353 e. The average molecular weight is 214 g/mol. The second-order valence-electron chi connectivity index (χ2n) is 4.53. The van der Waals surface area contributed by atoms with Gasteiger partial charge in [0.25, 0.3) is 0 Å². The van der Waals surface area contributed by atoms with Crippen molar-refractivity contribution in [3.05, 3.63) is 0 Å². The van der Waals surface area contributed by atoms with Crippen molar-refractivity contribution in [2.45, 2.75) is 52.2 Å². The third-order valence-electron chi connectivity index (χ3n) is 2.56. The zero-order chi connectivity index (χ0) is 11.1. The minimum Gasteiger partial charge on any atom is -0.353 e. The molecule has 15 heavy (non-hydrogen) atoms. The maximum atomic E-state index is 11.5. The first-order valence-corrected chi connectivity index (χ1v) is 5.93. The predicted octanol–water partition coefficient (Wildman–Crippen LogP) is 2.53. The molecule has 0 aromatic carbocycles. The van der Waals surface area contributed by atoms with Crippen molar-refractivity contribution >= 4 is 5.78 Å². The number of carbonyl (C=O) groups is 1. The Labute approximate surface area is 92.1 Å². The lowest BCUT2D eigenvalue weighted by atomic mass is 10.0. The van der Waals surface area contributed by atoms with Crippen LogP contribution in [0.25, 0.3) is 0 Å². The standard InChI is InChI=1S/C12H22O3/c1-10(2)4-5-11(13)6-7-12-14-8-3-9-15-12/h10,12H,3-9H2,1-2H3. The molecule has 0 spiro atoms. The summed E-state index contributed by atoms with van der Waals surface area (Å²) < 4.78 is 10.8. The summed E-state index contributed by atoms with van der Waals surface area (Å²) in [5.74, 6) is 0.942. The van der Waals surface area contributed by atoms with Crippen LogP contribution in [0.2, 0.25) is 0 Å². The lowest BCUT2D eigenvalue weighted by Gasteiger charge is -2.22. The number of ketones is 1. The molecule has 1 fully saturated rings. The molecule has 0 aliphatic carbocycles. The van der Waals surface area contributed by atoms with Gasteiger partial charge in [-0.1, -0.05) is 13.8 Å². The Morgan fingerprint density at radius 2 is 1.93 bits per heavy atom. The Balaban J connectivity index is 2.05. The fourth-order valence-electron chi connectivity index (χ4n) is 1.56. The molecule has 0 aromatic rings. The maximum Gasteiger partial charge on any atom is 0.157 e. The zero-order valence-electron chi connectivity index (χ0n) is 9.83. The second kappa shape index (κ2) is 6.96. The third-order valence-corrected chi connectivity index (χ3v) is 2.56. The van der Waals surface area contributed by atoms with E-state index in [9.17, 15) is 4.79 Å². The summed E-state index contributed by atoms with van der Waals surface area (Å²) in [6.07, 6.45) is 3.84. The number of hydrogen-bond acceptors (Lipinski definition) is 3. The first-order chi connectivity index (χ1) is 7.18. The van der Waals surface area contributed by atoms with E-state index in [1.54, 1.807) is 0 Å². The minimum atomic E-state index is -0.137. The van der Waals surface area contributed by atoms with Gasteiger partial charge in [-0.05, 0) is 18.8 Å². The van der Waals surface area contributed by atoms with Gasteiger partial charge in [-0.2, -0.15) is 0 Å². The van der Waals surface area contributed by atoms with Crippen molar-refractivity contribution < 1.29 is 14.3 Å². The zero-order valence-corrected chi connectivity index (χ0v) is 9.83. The highest BCUT2D eigenvalue weighted by molar-refractivity contribution is 5.78.